The van der Waals surface area contributed by atoms with Gasteiger partial charge in [0.05, 0.1) is 0 Å². The summed E-state index contributed by atoms with van der Waals surface area (Å²) in [6, 6.07) is 0.319. The summed E-state index contributed by atoms with van der Waals surface area (Å²) >= 11 is 0. The zero-order valence-corrected chi connectivity index (χ0v) is 13.1. The second kappa shape index (κ2) is 5.88. The van der Waals surface area contributed by atoms with Crippen molar-refractivity contribution in [3.8, 4) is 0 Å². The van der Waals surface area contributed by atoms with Gasteiger partial charge in [-0.2, -0.15) is 0 Å². The molecule has 0 fully saturated rings. The monoisotopic (exact) mass is 241 g/mol. The summed E-state index contributed by atoms with van der Waals surface area (Å²) in [6.07, 6.45) is 2.08. The maximum Gasteiger partial charge on any atom is 0.219 e. The lowest BCUT2D eigenvalue weighted by molar-refractivity contribution is -0.134. The van der Waals surface area contributed by atoms with E-state index in [1.807, 2.05) is 0 Å². The molecule has 0 aliphatic rings. The van der Waals surface area contributed by atoms with Gasteiger partial charge in [0.15, 0.2) is 0 Å². The number of rotatable bonds is 4. The fourth-order valence-electron chi connectivity index (χ4n) is 2.24. The van der Waals surface area contributed by atoms with Gasteiger partial charge < -0.3 is 4.90 Å². The molecule has 0 saturated carbocycles. The smallest absolute Gasteiger partial charge is 0.219 e. The van der Waals surface area contributed by atoms with Crippen molar-refractivity contribution in [2.24, 2.45) is 10.8 Å². The van der Waals surface area contributed by atoms with Crippen molar-refractivity contribution in [1.29, 1.82) is 0 Å². The van der Waals surface area contributed by atoms with Crippen molar-refractivity contribution < 1.29 is 4.79 Å². The average Bonchev–Trinajstić information content (AvgIpc) is 2.07. The molecule has 1 atom stereocenters. The Bertz CT molecular complexity index is 245. The largest absolute Gasteiger partial charge is 0.339 e. The first-order chi connectivity index (χ1) is 7.49. The van der Waals surface area contributed by atoms with Gasteiger partial charge in [-0.3, -0.25) is 4.79 Å². The highest BCUT2D eigenvalue weighted by Gasteiger charge is 2.34. The molecular weight excluding hydrogens is 210 g/mol. The Morgan fingerprint density at radius 1 is 1.12 bits per heavy atom. The van der Waals surface area contributed by atoms with Gasteiger partial charge in [0.25, 0.3) is 0 Å². The Hall–Kier alpha value is -0.530. The van der Waals surface area contributed by atoms with Gasteiger partial charge in [0.2, 0.25) is 5.91 Å². The van der Waals surface area contributed by atoms with Crippen LogP contribution in [-0.4, -0.2) is 23.4 Å². The minimum absolute atomic E-state index is 0.133. The molecule has 0 heterocycles. The predicted molar refractivity (Wildman–Crippen MR) is 75.0 cm³/mol. The molecule has 0 aromatic carbocycles. The van der Waals surface area contributed by atoms with E-state index in [0.29, 0.717) is 6.04 Å². The Balaban J connectivity index is 5.07. The third-order valence-corrected chi connectivity index (χ3v) is 3.05. The van der Waals surface area contributed by atoms with Crippen LogP contribution in [0.1, 0.15) is 68.2 Å². The van der Waals surface area contributed by atoms with Crippen LogP contribution in [-0.2, 0) is 4.79 Å². The number of carbonyl (C=O) groups excluding carboxylic acids is 1. The molecule has 0 rings (SSSR count). The molecule has 0 saturated heterocycles. The molecule has 0 spiro atoms. The fraction of sp³-hybridized carbons (Fsp3) is 0.933. The Labute approximate surface area is 108 Å². The lowest BCUT2D eigenvalue weighted by Crippen LogP contribution is -2.48. The molecule has 0 aromatic heterocycles. The van der Waals surface area contributed by atoms with Gasteiger partial charge in [-0.25, -0.2) is 0 Å². The highest BCUT2D eigenvalue weighted by Crippen LogP contribution is 2.34. The molecule has 2 nitrogen and oxygen atoms in total. The van der Waals surface area contributed by atoms with Crippen LogP contribution in [0.2, 0.25) is 0 Å². The van der Waals surface area contributed by atoms with E-state index in [1.54, 1.807) is 6.92 Å². The molecular formula is C15H31NO. The SMILES string of the molecule is CCCN(C(C)=O)C(CC(C)(C)C)C(C)(C)C. The van der Waals surface area contributed by atoms with Crippen molar-refractivity contribution in [3.63, 3.8) is 0 Å². The summed E-state index contributed by atoms with van der Waals surface area (Å²) in [5.41, 5.74) is 0.382. The van der Waals surface area contributed by atoms with E-state index in [-0.39, 0.29) is 16.7 Å². The van der Waals surface area contributed by atoms with Crippen molar-refractivity contribution in [2.45, 2.75) is 74.3 Å². The highest BCUT2D eigenvalue weighted by atomic mass is 16.2. The van der Waals surface area contributed by atoms with Crippen LogP contribution in [0.3, 0.4) is 0 Å². The number of hydrogen-bond donors (Lipinski definition) is 0. The molecule has 17 heavy (non-hydrogen) atoms. The Morgan fingerprint density at radius 3 is 1.82 bits per heavy atom. The average molecular weight is 241 g/mol. The number of nitrogens with zero attached hydrogens (tertiary/aromatic N) is 1. The molecule has 0 radical (unpaired) electrons. The molecule has 102 valence electrons. The Morgan fingerprint density at radius 2 is 1.59 bits per heavy atom. The number of carbonyl (C=O) groups is 1. The van der Waals surface area contributed by atoms with Gasteiger partial charge in [-0.15, -0.1) is 0 Å². The first-order valence-corrected chi connectivity index (χ1v) is 6.76. The second-order valence-electron chi connectivity index (χ2n) is 7.36. The minimum atomic E-state index is 0.133. The van der Waals surface area contributed by atoms with E-state index < -0.39 is 0 Å². The van der Waals surface area contributed by atoms with E-state index in [1.165, 1.54) is 0 Å². The quantitative estimate of drug-likeness (QED) is 0.726. The number of hydrogen-bond acceptors (Lipinski definition) is 1. The van der Waals surface area contributed by atoms with Crippen molar-refractivity contribution in [2.75, 3.05) is 6.54 Å². The Kier molecular flexibility index (Phi) is 5.70. The van der Waals surface area contributed by atoms with E-state index in [0.717, 1.165) is 19.4 Å². The molecule has 0 aliphatic heterocycles. The van der Waals surface area contributed by atoms with Crippen LogP contribution in [0, 0.1) is 10.8 Å². The molecule has 1 amide bonds. The number of amides is 1. The van der Waals surface area contributed by atoms with Crippen molar-refractivity contribution in [1.82, 2.24) is 4.90 Å². The zero-order chi connectivity index (χ0) is 13.9. The second-order valence-corrected chi connectivity index (χ2v) is 7.36. The molecule has 1 unspecified atom stereocenters. The van der Waals surface area contributed by atoms with Crippen molar-refractivity contribution >= 4 is 5.91 Å². The summed E-state index contributed by atoms with van der Waals surface area (Å²) < 4.78 is 0. The van der Waals surface area contributed by atoms with Gasteiger partial charge in [-0.05, 0) is 23.7 Å². The van der Waals surface area contributed by atoms with E-state index in [4.69, 9.17) is 0 Å². The third-order valence-electron chi connectivity index (χ3n) is 3.05. The van der Waals surface area contributed by atoms with Gasteiger partial charge >= 0.3 is 0 Å². The molecule has 0 aromatic rings. The molecule has 0 aliphatic carbocycles. The van der Waals surface area contributed by atoms with Crippen LogP contribution >= 0.6 is 0 Å². The lowest BCUT2D eigenvalue weighted by atomic mass is 9.76. The summed E-state index contributed by atoms with van der Waals surface area (Å²) in [7, 11) is 0. The summed E-state index contributed by atoms with van der Waals surface area (Å²) in [6.45, 7) is 18.1. The standard InChI is InChI=1S/C15H31NO/c1-9-10-16(12(2)17)13(15(6,7)8)11-14(3,4)5/h13H,9-11H2,1-8H3. The first kappa shape index (κ1) is 16.5. The van der Waals surface area contributed by atoms with Crippen LogP contribution in [0.5, 0.6) is 0 Å². The molecule has 2 heteroatoms. The van der Waals surface area contributed by atoms with Gasteiger partial charge in [0.1, 0.15) is 0 Å². The van der Waals surface area contributed by atoms with Crippen LogP contribution < -0.4 is 0 Å². The van der Waals surface area contributed by atoms with Crippen molar-refractivity contribution in [3.05, 3.63) is 0 Å². The predicted octanol–water partition coefficient (Wildman–Crippen LogP) is 4.10. The molecule has 0 N–H and O–H groups in total. The fourth-order valence-corrected chi connectivity index (χ4v) is 2.24. The minimum Gasteiger partial charge on any atom is -0.339 e. The lowest BCUT2D eigenvalue weighted by Gasteiger charge is -2.43. The molecule has 0 bridgehead atoms. The van der Waals surface area contributed by atoms with E-state index in [2.05, 4.69) is 53.4 Å². The maximum atomic E-state index is 11.8. The van der Waals surface area contributed by atoms with E-state index in [9.17, 15) is 4.79 Å². The van der Waals surface area contributed by atoms with E-state index >= 15 is 0 Å². The summed E-state index contributed by atoms with van der Waals surface area (Å²) in [5.74, 6) is 0.205. The third kappa shape index (κ3) is 6.09. The zero-order valence-electron chi connectivity index (χ0n) is 13.1. The van der Waals surface area contributed by atoms with Gasteiger partial charge in [0, 0.05) is 19.5 Å². The maximum absolute atomic E-state index is 11.8. The van der Waals surface area contributed by atoms with Gasteiger partial charge in [-0.1, -0.05) is 48.5 Å². The topological polar surface area (TPSA) is 20.3 Å². The summed E-state index contributed by atoms with van der Waals surface area (Å²) in [4.78, 5) is 13.9. The van der Waals surface area contributed by atoms with Crippen LogP contribution in [0.25, 0.3) is 0 Å². The first-order valence-electron chi connectivity index (χ1n) is 6.76. The summed E-state index contributed by atoms with van der Waals surface area (Å²) in [5, 5.41) is 0. The van der Waals surface area contributed by atoms with Crippen LogP contribution in [0.4, 0.5) is 0 Å². The van der Waals surface area contributed by atoms with Crippen LogP contribution in [0.15, 0.2) is 0 Å². The highest BCUT2D eigenvalue weighted by molar-refractivity contribution is 5.73. The normalized spacial score (nSPS) is 14.6.